The maximum atomic E-state index is 12.4. The molecule has 0 bridgehead atoms. The number of esters is 1. The molecule has 0 radical (unpaired) electrons. The van der Waals surface area contributed by atoms with E-state index in [4.69, 9.17) is 15.9 Å². The number of carbonyl (C=O) groups excluding carboxylic acids is 1. The van der Waals surface area contributed by atoms with Gasteiger partial charge >= 0.3 is 5.97 Å². The van der Waals surface area contributed by atoms with E-state index in [1.807, 2.05) is 44.2 Å². The van der Waals surface area contributed by atoms with Gasteiger partial charge in [-0.05, 0) is 68.0 Å². The number of hydrogen-bond acceptors (Lipinski definition) is 3. The van der Waals surface area contributed by atoms with E-state index in [2.05, 4.69) is 52.8 Å². The number of rotatable bonds is 5. The third-order valence-corrected chi connectivity index (χ3v) is 6.10. The molecular weight excluding hydrogens is 392 g/mol. The second-order valence-electron chi connectivity index (χ2n) is 6.97. The molecule has 0 amide bonds. The van der Waals surface area contributed by atoms with Crippen LogP contribution >= 0.6 is 10.5 Å². The largest absolute Gasteiger partial charge is 0.481 e. The number of hydrogen-bond donors (Lipinski definition) is 0. The van der Waals surface area contributed by atoms with Gasteiger partial charge in [0.2, 0.25) is 5.60 Å². The number of carbonyl (C=O) groups is 1. The molecule has 3 nitrogen and oxygen atoms in total. The number of benzene rings is 2. The normalized spacial score (nSPS) is 12.1. The van der Waals surface area contributed by atoms with Gasteiger partial charge in [0.25, 0.3) is 0 Å². The molecule has 0 aliphatic rings. The predicted octanol–water partition coefficient (Wildman–Crippen LogP) is 5.41. The van der Waals surface area contributed by atoms with Gasteiger partial charge in [-0.3, -0.25) is 0 Å². The zero-order chi connectivity index (χ0) is 21.6. The van der Waals surface area contributed by atoms with E-state index < -0.39 is 11.6 Å². The summed E-state index contributed by atoms with van der Waals surface area (Å²) in [7, 11) is -0.0109. The molecule has 4 heteroatoms. The fourth-order valence-electron chi connectivity index (χ4n) is 2.93. The first-order valence-corrected chi connectivity index (χ1v) is 10.8. The maximum absolute atomic E-state index is 12.4. The first-order chi connectivity index (χ1) is 14.4. The van der Waals surface area contributed by atoms with E-state index in [9.17, 15) is 4.79 Å². The lowest BCUT2D eigenvalue weighted by Gasteiger charge is -2.18. The number of thiophene rings is 1. The summed E-state index contributed by atoms with van der Waals surface area (Å²) < 4.78 is 11.2. The van der Waals surface area contributed by atoms with E-state index in [-0.39, 0.29) is 17.1 Å². The van der Waals surface area contributed by atoms with Gasteiger partial charge in [-0.2, -0.15) is 0 Å². The molecule has 0 saturated heterocycles. The van der Waals surface area contributed by atoms with Crippen LogP contribution in [0.5, 0.6) is 5.75 Å². The van der Waals surface area contributed by atoms with E-state index in [1.165, 1.54) is 4.90 Å². The van der Waals surface area contributed by atoms with E-state index in [0.717, 1.165) is 16.7 Å². The van der Waals surface area contributed by atoms with Crippen molar-refractivity contribution < 1.29 is 14.3 Å². The van der Waals surface area contributed by atoms with Crippen LogP contribution in [-0.4, -0.2) is 18.2 Å². The molecule has 1 atom stereocenters. The Morgan fingerprint density at radius 1 is 1.07 bits per heavy atom. The summed E-state index contributed by atoms with van der Waals surface area (Å²) in [5.41, 5.74) is 1.42. The Kier molecular flexibility index (Phi) is 6.62. The van der Waals surface area contributed by atoms with Gasteiger partial charge in [0.15, 0.2) is 11.5 Å². The Balaban J connectivity index is 1.67. The molecule has 0 aliphatic heterocycles. The molecule has 0 spiro atoms. The summed E-state index contributed by atoms with van der Waals surface area (Å²) >= 11 is 0. The molecule has 1 unspecified atom stereocenters. The van der Waals surface area contributed by atoms with Gasteiger partial charge in [0, 0.05) is 28.2 Å². The molecule has 3 rings (SSSR count). The van der Waals surface area contributed by atoms with Crippen molar-refractivity contribution in [3.8, 4) is 34.8 Å². The summed E-state index contributed by atoms with van der Waals surface area (Å²) in [5.74, 6) is 8.38. The van der Waals surface area contributed by atoms with Crippen LogP contribution in [0, 0.1) is 38.0 Å². The van der Waals surface area contributed by atoms with E-state index in [1.54, 1.807) is 6.92 Å². The van der Waals surface area contributed by atoms with Crippen LogP contribution in [0.25, 0.3) is 4.90 Å². The van der Waals surface area contributed by atoms with Crippen LogP contribution in [0.15, 0.2) is 65.4 Å². The zero-order valence-electron chi connectivity index (χ0n) is 17.3. The Labute approximate surface area is 180 Å². The maximum Gasteiger partial charge on any atom is 0.346 e. The van der Waals surface area contributed by atoms with Crippen molar-refractivity contribution in [1.82, 2.24) is 0 Å². The second-order valence-corrected chi connectivity index (χ2v) is 8.73. The number of ether oxygens (including phenoxy) is 2. The molecule has 1 aromatic heterocycles. The molecule has 0 fully saturated rings. The van der Waals surface area contributed by atoms with Crippen LogP contribution in [0.3, 0.4) is 0 Å². The van der Waals surface area contributed by atoms with Gasteiger partial charge in [-0.25, -0.2) is 4.79 Å². The third-order valence-electron chi connectivity index (χ3n) is 4.41. The van der Waals surface area contributed by atoms with Crippen molar-refractivity contribution >= 4 is 16.4 Å². The van der Waals surface area contributed by atoms with Crippen LogP contribution in [0.1, 0.15) is 23.6 Å². The topological polar surface area (TPSA) is 35.5 Å². The quantitative estimate of drug-likeness (QED) is 0.318. The highest BCUT2D eigenvalue weighted by atomic mass is 32.2. The minimum Gasteiger partial charge on any atom is -0.481 e. The highest BCUT2D eigenvalue weighted by Gasteiger charge is 2.24. The fourth-order valence-corrected chi connectivity index (χ4v) is 4.48. The van der Waals surface area contributed by atoms with Crippen molar-refractivity contribution in [2.45, 2.75) is 26.4 Å². The fraction of sp³-hybridized carbons (Fsp3) is 0.192. The first kappa shape index (κ1) is 21.2. The van der Waals surface area contributed by atoms with Gasteiger partial charge in [-0.15, -0.1) is 6.42 Å². The molecule has 1 heterocycles. The molecule has 150 valence electrons. The van der Waals surface area contributed by atoms with Crippen LogP contribution < -0.4 is 4.74 Å². The van der Waals surface area contributed by atoms with E-state index >= 15 is 0 Å². The molecule has 0 saturated carbocycles. The molecule has 0 aliphatic carbocycles. The van der Waals surface area contributed by atoms with Crippen molar-refractivity contribution in [3.05, 3.63) is 82.0 Å². The van der Waals surface area contributed by atoms with Crippen LogP contribution in [0.4, 0.5) is 0 Å². The van der Waals surface area contributed by atoms with Crippen LogP contribution in [-0.2, 0) is 9.53 Å². The first-order valence-electron chi connectivity index (χ1n) is 9.49. The van der Waals surface area contributed by atoms with Crippen molar-refractivity contribution in [2.24, 2.45) is 0 Å². The van der Waals surface area contributed by atoms with Crippen molar-refractivity contribution in [2.75, 3.05) is 6.61 Å². The van der Waals surface area contributed by atoms with E-state index in [0.29, 0.717) is 5.75 Å². The Hall–Kier alpha value is -3.47. The Bertz CT molecular complexity index is 1110. The minimum absolute atomic E-state index is 0.0109. The Morgan fingerprint density at radius 3 is 2.30 bits per heavy atom. The van der Waals surface area contributed by atoms with Gasteiger partial charge in [-0.1, -0.05) is 24.1 Å². The average molecular weight is 416 g/mol. The summed E-state index contributed by atoms with van der Waals surface area (Å²) in [4.78, 5) is 13.6. The molecular formula is C26H23O3S+. The standard InChI is InChI=1S/C26H23O3S/c1-5-26(4,14-13-22-11-7-6-8-12-22)29-24(27)19-28-25-20(2)17-23(18-21(25)3)30-15-9-10-16-30/h1,6-12,15-18H,19H2,2-4H3/q+1. The summed E-state index contributed by atoms with van der Waals surface area (Å²) in [5, 5.41) is 4.34. The van der Waals surface area contributed by atoms with Gasteiger partial charge in [0.1, 0.15) is 16.5 Å². The molecule has 0 N–H and O–H groups in total. The van der Waals surface area contributed by atoms with Gasteiger partial charge in [0.05, 0.1) is 0 Å². The minimum atomic E-state index is -1.33. The second kappa shape index (κ2) is 9.35. The highest BCUT2D eigenvalue weighted by molar-refractivity contribution is 7.36. The summed E-state index contributed by atoms with van der Waals surface area (Å²) in [6.07, 6.45) is 5.57. The number of terminal acetylenes is 1. The summed E-state index contributed by atoms with van der Waals surface area (Å²) in [6, 6.07) is 17.7. The average Bonchev–Trinajstić information content (AvgIpc) is 3.27. The zero-order valence-corrected chi connectivity index (χ0v) is 18.1. The molecule has 3 aromatic rings. The predicted molar refractivity (Wildman–Crippen MR) is 122 cm³/mol. The van der Waals surface area contributed by atoms with Crippen LogP contribution in [0.2, 0.25) is 0 Å². The number of aryl methyl sites for hydroxylation is 2. The summed E-state index contributed by atoms with van der Waals surface area (Å²) in [6.45, 7) is 5.30. The Morgan fingerprint density at radius 2 is 1.70 bits per heavy atom. The smallest absolute Gasteiger partial charge is 0.346 e. The van der Waals surface area contributed by atoms with Crippen molar-refractivity contribution in [1.29, 1.82) is 0 Å². The molecule has 30 heavy (non-hydrogen) atoms. The highest BCUT2D eigenvalue weighted by Crippen LogP contribution is 2.35. The lowest BCUT2D eigenvalue weighted by atomic mass is 10.1. The molecule has 2 aromatic carbocycles. The van der Waals surface area contributed by atoms with Gasteiger partial charge < -0.3 is 9.47 Å². The lowest BCUT2D eigenvalue weighted by molar-refractivity contribution is -0.151. The lowest BCUT2D eigenvalue weighted by Crippen LogP contribution is -2.31. The van der Waals surface area contributed by atoms with Crippen molar-refractivity contribution in [3.63, 3.8) is 0 Å². The third kappa shape index (κ3) is 5.32. The SMILES string of the molecule is C#CC(C)(C#Cc1ccccc1)OC(=O)COc1c(C)cc(-[s+]2cccc2)cc1C. The monoisotopic (exact) mass is 415 g/mol.